The Morgan fingerprint density at radius 2 is 1.75 bits per heavy atom. The molecule has 0 spiro atoms. The zero-order valence-corrected chi connectivity index (χ0v) is 17.6. The number of methoxy groups -OCH3 is 1. The fourth-order valence-electron chi connectivity index (χ4n) is 3.81. The molecular formula is C25H22N2O5. The molecule has 0 fully saturated rings. The smallest absolute Gasteiger partial charge is 0.281 e. The first-order valence-electron chi connectivity index (χ1n) is 10.3. The van der Waals surface area contributed by atoms with Gasteiger partial charge in [0.15, 0.2) is 18.1 Å². The van der Waals surface area contributed by atoms with Crippen LogP contribution in [0.4, 0.5) is 0 Å². The van der Waals surface area contributed by atoms with Crippen molar-refractivity contribution in [1.29, 1.82) is 0 Å². The van der Waals surface area contributed by atoms with E-state index in [1.54, 1.807) is 25.3 Å². The summed E-state index contributed by atoms with van der Waals surface area (Å²) in [4.78, 5) is 13.1. The fourth-order valence-corrected chi connectivity index (χ4v) is 3.81. The normalized spacial score (nSPS) is 16.6. The number of carbonyl (C=O) groups is 1. The van der Waals surface area contributed by atoms with Gasteiger partial charge in [0.2, 0.25) is 6.79 Å². The van der Waals surface area contributed by atoms with Crippen LogP contribution in [0.1, 0.15) is 23.6 Å². The minimum atomic E-state index is -0.227. The third-order valence-electron chi connectivity index (χ3n) is 5.48. The van der Waals surface area contributed by atoms with Crippen LogP contribution in [0.2, 0.25) is 0 Å². The van der Waals surface area contributed by atoms with E-state index in [1.165, 1.54) is 5.01 Å². The van der Waals surface area contributed by atoms with Gasteiger partial charge in [-0.25, -0.2) is 5.01 Å². The van der Waals surface area contributed by atoms with Gasteiger partial charge < -0.3 is 18.9 Å². The third-order valence-corrected chi connectivity index (χ3v) is 5.48. The van der Waals surface area contributed by atoms with E-state index < -0.39 is 0 Å². The largest absolute Gasteiger partial charge is 0.497 e. The Bertz CT molecular complexity index is 1140. The van der Waals surface area contributed by atoms with E-state index in [0.717, 1.165) is 22.6 Å². The van der Waals surface area contributed by atoms with Crippen molar-refractivity contribution in [1.82, 2.24) is 5.01 Å². The SMILES string of the molecule is COc1ccc([C@@H]2CC(c3ccccc3)=NN2C(=O)COc2ccc3c(c2)OCO3)cc1. The molecule has 32 heavy (non-hydrogen) atoms. The standard InChI is InChI=1S/C25H22N2O5/c1-29-19-9-7-18(8-10-19)22-14-21(17-5-3-2-4-6-17)26-27(22)25(28)15-30-20-11-12-23-24(13-20)32-16-31-23/h2-13,22H,14-16H2,1H3/t22-/m0/s1. The molecule has 0 radical (unpaired) electrons. The first-order chi connectivity index (χ1) is 15.7. The van der Waals surface area contributed by atoms with Crippen LogP contribution in [0.15, 0.2) is 77.9 Å². The van der Waals surface area contributed by atoms with Crippen molar-refractivity contribution in [3.05, 3.63) is 83.9 Å². The maximum absolute atomic E-state index is 13.1. The van der Waals surface area contributed by atoms with Crippen molar-refractivity contribution in [3.8, 4) is 23.0 Å². The van der Waals surface area contributed by atoms with Crippen LogP contribution in [-0.4, -0.2) is 37.1 Å². The molecule has 5 rings (SSSR count). The van der Waals surface area contributed by atoms with Crippen molar-refractivity contribution < 1.29 is 23.7 Å². The summed E-state index contributed by atoms with van der Waals surface area (Å²) in [7, 11) is 1.63. The molecule has 3 aromatic carbocycles. The molecule has 0 saturated heterocycles. The predicted octanol–water partition coefficient (Wildman–Crippen LogP) is 4.18. The van der Waals surface area contributed by atoms with E-state index in [9.17, 15) is 4.79 Å². The van der Waals surface area contributed by atoms with Crippen molar-refractivity contribution >= 4 is 11.6 Å². The number of ether oxygens (including phenoxy) is 4. The van der Waals surface area contributed by atoms with E-state index in [-0.39, 0.29) is 25.3 Å². The summed E-state index contributed by atoms with van der Waals surface area (Å²) >= 11 is 0. The second kappa shape index (κ2) is 8.63. The van der Waals surface area contributed by atoms with Crippen molar-refractivity contribution in [2.45, 2.75) is 12.5 Å². The van der Waals surface area contributed by atoms with E-state index in [0.29, 0.717) is 23.7 Å². The van der Waals surface area contributed by atoms with Crippen molar-refractivity contribution in [3.63, 3.8) is 0 Å². The van der Waals surface area contributed by atoms with E-state index in [4.69, 9.17) is 18.9 Å². The number of rotatable bonds is 6. The molecule has 0 aliphatic carbocycles. The highest BCUT2D eigenvalue weighted by Gasteiger charge is 2.33. The number of hydrazone groups is 1. The van der Waals surface area contributed by atoms with E-state index in [1.807, 2.05) is 54.6 Å². The topological polar surface area (TPSA) is 69.6 Å². The van der Waals surface area contributed by atoms with Gasteiger partial charge in [0.1, 0.15) is 11.5 Å². The monoisotopic (exact) mass is 430 g/mol. The van der Waals surface area contributed by atoms with Crippen LogP contribution >= 0.6 is 0 Å². The Morgan fingerprint density at radius 1 is 1.00 bits per heavy atom. The molecule has 0 N–H and O–H groups in total. The first-order valence-corrected chi connectivity index (χ1v) is 10.3. The number of carbonyl (C=O) groups excluding carboxylic acids is 1. The summed E-state index contributed by atoms with van der Waals surface area (Å²) in [6.07, 6.45) is 0.617. The van der Waals surface area contributed by atoms with Gasteiger partial charge in [-0.1, -0.05) is 42.5 Å². The molecule has 0 saturated carbocycles. The molecule has 1 atom stereocenters. The van der Waals surface area contributed by atoms with Gasteiger partial charge in [0.25, 0.3) is 5.91 Å². The van der Waals surface area contributed by atoms with Crippen LogP contribution in [-0.2, 0) is 4.79 Å². The van der Waals surface area contributed by atoms with E-state index in [2.05, 4.69) is 5.10 Å². The fraction of sp³-hybridized carbons (Fsp3) is 0.200. The molecule has 0 bridgehead atoms. The quantitative estimate of drug-likeness (QED) is 0.587. The van der Waals surface area contributed by atoms with Crippen LogP contribution in [0, 0.1) is 0 Å². The molecule has 162 valence electrons. The zero-order valence-electron chi connectivity index (χ0n) is 17.6. The van der Waals surface area contributed by atoms with Crippen LogP contribution in [0.3, 0.4) is 0 Å². The molecule has 0 aromatic heterocycles. The number of amides is 1. The molecule has 0 unspecified atom stereocenters. The minimum Gasteiger partial charge on any atom is -0.497 e. The summed E-state index contributed by atoms with van der Waals surface area (Å²) in [6.45, 7) is 0.0455. The summed E-state index contributed by atoms with van der Waals surface area (Å²) in [5.41, 5.74) is 2.85. The van der Waals surface area contributed by atoms with Gasteiger partial charge in [-0.3, -0.25) is 4.79 Å². The highest BCUT2D eigenvalue weighted by molar-refractivity contribution is 6.03. The highest BCUT2D eigenvalue weighted by Crippen LogP contribution is 2.36. The van der Waals surface area contributed by atoms with Gasteiger partial charge in [-0.15, -0.1) is 0 Å². The van der Waals surface area contributed by atoms with Crippen molar-refractivity contribution in [2.24, 2.45) is 5.10 Å². The van der Waals surface area contributed by atoms with Crippen LogP contribution in [0.5, 0.6) is 23.0 Å². The lowest BCUT2D eigenvalue weighted by Gasteiger charge is -2.22. The summed E-state index contributed by atoms with van der Waals surface area (Å²) in [6, 6.07) is 22.6. The lowest BCUT2D eigenvalue weighted by molar-refractivity contribution is -0.135. The molecule has 7 heteroatoms. The Kier molecular flexibility index (Phi) is 5.37. The third kappa shape index (κ3) is 3.97. The minimum absolute atomic E-state index is 0.141. The average Bonchev–Trinajstić information content (AvgIpc) is 3.50. The second-order valence-electron chi connectivity index (χ2n) is 7.45. The zero-order chi connectivity index (χ0) is 21.9. The average molecular weight is 430 g/mol. The predicted molar refractivity (Wildman–Crippen MR) is 118 cm³/mol. The lowest BCUT2D eigenvalue weighted by Crippen LogP contribution is -2.31. The number of fused-ring (bicyclic) bond motifs is 1. The second-order valence-corrected chi connectivity index (χ2v) is 7.45. The van der Waals surface area contributed by atoms with E-state index >= 15 is 0 Å². The number of hydrogen-bond donors (Lipinski definition) is 0. The Labute approximate surface area is 185 Å². The van der Waals surface area contributed by atoms with Gasteiger partial charge >= 0.3 is 0 Å². The summed E-state index contributed by atoms with van der Waals surface area (Å²) in [5.74, 6) is 2.35. The molecule has 2 aliphatic rings. The number of benzene rings is 3. The molecule has 2 aliphatic heterocycles. The molecule has 2 heterocycles. The van der Waals surface area contributed by atoms with Crippen LogP contribution < -0.4 is 18.9 Å². The van der Waals surface area contributed by atoms with Crippen LogP contribution in [0.25, 0.3) is 0 Å². The molecule has 1 amide bonds. The molecule has 7 nitrogen and oxygen atoms in total. The summed E-state index contributed by atoms with van der Waals surface area (Å²) < 4.78 is 21.7. The summed E-state index contributed by atoms with van der Waals surface area (Å²) in [5, 5.41) is 6.20. The van der Waals surface area contributed by atoms with Gasteiger partial charge in [0.05, 0.1) is 18.9 Å². The maximum Gasteiger partial charge on any atom is 0.281 e. The van der Waals surface area contributed by atoms with Gasteiger partial charge in [-0.2, -0.15) is 5.10 Å². The molecule has 3 aromatic rings. The van der Waals surface area contributed by atoms with Crippen molar-refractivity contribution in [2.75, 3.05) is 20.5 Å². The highest BCUT2D eigenvalue weighted by atomic mass is 16.7. The Balaban J connectivity index is 1.36. The Hall–Kier alpha value is -4.00. The maximum atomic E-state index is 13.1. The van der Waals surface area contributed by atoms with Gasteiger partial charge in [0, 0.05) is 12.5 Å². The first kappa shape index (κ1) is 19.9. The number of hydrogen-bond acceptors (Lipinski definition) is 6. The lowest BCUT2D eigenvalue weighted by atomic mass is 9.98. The Morgan fingerprint density at radius 3 is 2.53 bits per heavy atom. The van der Waals surface area contributed by atoms with Gasteiger partial charge in [-0.05, 0) is 35.4 Å². The number of nitrogens with zero attached hydrogens (tertiary/aromatic N) is 2. The molecular weight excluding hydrogens is 408 g/mol.